The highest BCUT2D eigenvalue weighted by atomic mass is 35.5. The first kappa shape index (κ1) is 16.9. The zero-order valence-corrected chi connectivity index (χ0v) is 13.9. The van der Waals surface area contributed by atoms with Gasteiger partial charge in [-0.25, -0.2) is 13.1 Å². The molecule has 0 spiro atoms. The SMILES string of the molecule is CC(NS(=O)(=O)Cc1ccc([N+](=O)[O-])cc1)c1ccc(Cl)s1. The molecule has 1 N–H and O–H groups in total. The van der Waals surface area contributed by atoms with E-state index in [0.29, 0.717) is 9.90 Å². The topological polar surface area (TPSA) is 89.3 Å². The Labute approximate surface area is 136 Å². The van der Waals surface area contributed by atoms with Crippen molar-refractivity contribution in [3.8, 4) is 0 Å². The van der Waals surface area contributed by atoms with Gasteiger partial charge in [-0.15, -0.1) is 11.3 Å². The summed E-state index contributed by atoms with van der Waals surface area (Å²) in [4.78, 5) is 10.9. The summed E-state index contributed by atoms with van der Waals surface area (Å²) in [6, 6.07) is 8.53. The maximum Gasteiger partial charge on any atom is 0.269 e. The van der Waals surface area contributed by atoms with E-state index in [0.717, 1.165) is 4.88 Å². The van der Waals surface area contributed by atoms with E-state index in [2.05, 4.69) is 4.72 Å². The predicted molar refractivity (Wildman–Crippen MR) is 86.6 cm³/mol. The maximum absolute atomic E-state index is 12.1. The molecule has 1 aromatic heterocycles. The van der Waals surface area contributed by atoms with Crippen molar-refractivity contribution in [3.63, 3.8) is 0 Å². The smallest absolute Gasteiger partial charge is 0.258 e. The molecule has 1 atom stereocenters. The van der Waals surface area contributed by atoms with Crippen LogP contribution in [0.2, 0.25) is 4.34 Å². The van der Waals surface area contributed by atoms with E-state index in [1.807, 2.05) is 0 Å². The second-order valence-electron chi connectivity index (χ2n) is 4.66. The van der Waals surface area contributed by atoms with E-state index in [1.165, 1.54) is 35.6 Å². The van der Waals surface area contributed by atoms with Crippen LogP contribution in [0.25, 0.3) is 0 Å². The molecule has 1 unspecified atom stereocenters. The van der Waals surface area contributed by atoms with Crippen molar-refractivity contribution in [1.29, 1.82) is 0 Å². The van der Waals surface area contributed by atoms with Crippen LogP contribution in [0.3, 0.4) is 0 Å². The Balaban J connectivity index is 2.05. The number of nitrogens with one attached hydrogen (secondary N) is 1. The molecule has 9 heteroatoms. The van der Waals surface area contributed by atoms with Gasteiger partial charge in [0.25, 0.3) is 5.69 Å². The lowest BCUT2D eigenvalue weighted by molar-refractivity contribution is -0.384. The molecule has 2 rings (SSSR count). The first-order chi connectivity index (χ1) is 10.3. The van der Waals surface area contributed by atoms with Crippen LogP contribution in [0.5, 0.6) is 0 Å². The number of sulfonamides is 1. The minimum absolute atomic E-state index is 0.0734. The van der Waals surface area contributed by atoms with E-state index in [-0.39, 0.29) is 17.5 Å². The molecule has 0 bridgehead atoms. The molecule has 0 aliphatic rings. The number of rotatable bonds is 6. The second-order valence-corrected chi connectivity index (χ2v) is 8.16. The molecule has 0 aliphatic carbocycles. The molecule has 0 saturated carbocycles. The monoisotopic (exact) mass is 360 g/mol. The highest BCUT2D eigenvalue weighted by molar-refractivity contribution is 7.88. The number of nitro groups is 1. The molecular weight excluding hydrogens is 348 g/mol. The number of thiophene rings is 1. The fourth-order valence-corrected chi connectivity index (χ4v) is 4.38. The van der Waals surface area contributed by atoms with Gasteiger partial charge >= 0.3 is 0 Å². The van der Waals surface area contributed by atoms with Crippen molar-refractivity contribution in [3.05, 3.63) is 61.3 Å². The van der Waals surface area contributed by atoms with Gasteiger partial charge in [0.1, 0.15) is 0 Å². The van der Waals surface area contributed by atoms with Crippen LogP contribution >= 0.6 is 22.9 Å². The zero-order chi connectivity index (χ0) is 16.3. The van der Waals surface area contributed by atoms with Gasteiger partial charge in [0.05, 0.1) is 21.1 Å². The van der Waals surface area contributed by atoms with Gasteiger partial charge in [-0.05, 0) is 24.6 Å². The Bertz CT molecular complexity index is 772. The third-order valence-electron chi connectivity index (χ3n) is 2.88. The highest BCUT2D eigenvalue weighted by Gasteiger charge is 2.18. The van der Waals surface area contributed by atoms with Crippen LogP contribution in [-0.2, 0) is 15.8 Å². The number of hydrogen-bond acceptors (Lipinski definition) is 5. The lowest BCUT2D eigenvalue weighted by atomic mass is 10.2. The minimum Gasteiger partial charge on any atom is -0.258 e. The van der Waals surface area contributed by atoms with Crippen LogP contribution in [-0.4, -0.2) is 13.3 Å². The summed E-state index contributed by atoms with van der Waals surface area (Å²) in [7, 11) is -3.56. The first-order valence-corrected chi connectivity index (χ1v) is 9.10. The molecule has 6 nitrogen and oxygen atoms in total. The number of non-ortho nitro benzene ring substituents is 1. The molecule has 0 saturated heterocycles. The number of nitrogens with zero attached hydrogens (tertiary/aromatic N) is 1. The largest absolute Gasteiger partial charge is 0.269 e. The van der Waals surface area contributed by atoms with Gasteiger partial charge in [-0.1, -0.05) is 23.7 Å². The van der Waals surface area contributed by atoms with Gasteiger partial charge in [0.2, 0.25) is 10.0 Å². The summed E-state index contributed by atoms with van der Waals surface area (Å²) in [6.45, 7) is 1.73. The zero-order valence-electron chi connectivity index (χ0n) is 11.5. The van der Waals surface area contributed by atoms with E-state index in [1.54, 1.807) is 19.1 Å². The van der Waals surface area contributed by atoms with Crippen molar-refractivity contribution in [1.82, 2.24) is 4.72 Å². The van der Waals surface area contributed by atoms with E-state index in [9.17, 15) is 18.5 Å². The van der Waals surface area contributed by atoms with Crippen LogP contribution in [0.1, 0.15) is 23.4 Å². The Morgan fingerprint density at radius 2 is 1.91 bits per heavy atom. The lowest BCUT2D eigenvalue weighted by Crippen LogP contribution is -2.27. The Kier molecular flexibility index (Phi) is 5.17. The summed E-state index contributed by atoms with van der Waals surface area (Å²) < 4.78 is 27.4. The molecule has 1 heterocycles. The summed E-state index contributed by atoms with van der Waals surface area (Å²) in [5.74, 6) is -0.242. The fraction of sp³-hybridized carbons (Fsp3) is 0.231. The normalized spacial score (nSPS) is 13.0. The molecule has 0 aliphatic heterocycles. The third kappa shape index (κ3) is 4.51. The molecule has 0 radical (unpaired) electrons. The van der Waals surface area contributed by atoms with Gasteiger partial charge in [-0.3, -0.25) is 10.1 Å². The maximum atomic E-state index is 12.1. The van der Waals surface area contributed by atoms with Gasteiger partial charge in [0.15, 0.2) is 0 Å². The number of halogens is 1. The van der Waals surface area contributed by atoms with Crippen molar-refractivity contribution in [2.45, 2.75) is 18.7 Å². The van der Waals surface area contributed by atoms with Gasteiger partial charge in [0, 0.05) is 17.0 Å². The van der Waals surface area contributed by atoms with Crippen LogP contribution in [0, 0.1) is 10.1 Å². The molecule has 22 heavy (non-hydrogen) atoms. The molecular formula is C13H13ClN2O4S2. The van der Waals surface area contributed by atoms with E-state index >= 15 is 0 Å². The van der Waals surface area contributed by atoms with Crippen molar-refractivity contribution in [2.75, 3.05) is 0 Å². The number of benzene rings is 1. The molecule has 118 valence electrons. The summed E-state index contributed by atoms with van der Waals surface area (Å²) in [6.07, 6.45) is 0. The van der Waals surface area contributed by atoms with Crippen LogP contribution < -0.4 is 4.72 Å². The lowest BCUT2D eigenvalue weighted by Gasteiger charge is -2.12. The Morgan fingerprint density at radius 1 is 1.27 bits per heavy atom. The van der Waals surface area contributed by atoms with Crippen molar-refractivity contribution < 1.29 is 13.3 Å². The molecule has 2 aromatic rings. The van der Waals surface area contributed by atoms with Crippen LogP contribution in [0.4, 0.5) is 5.69 Å². The average Bonchev–Trinajstić information content (AvgIpc) is 2.85. The van der Waals surface area contributed by atoms with Crippen molar-refractivity contribution >= 4 is 38.6 Å². The summed E-state index contributed by atoms with van der Waals surface area (Å²) >= 11 is 7.14. The number of nitro benzene ring substituents is 1. The van der Waals surface area contributed by atoms with Gasteiger partial charge < -0.3 is 0 Å². The predicted octanol–water partition coefficient (Wildman–Crippen LogP) is 3.49. The quantitative estimate of drug-likeness (QED) is 0.630. The fourth-order valence-electron chi connectivity index (χ4n) is 1.86. The summed E-state index contributed by atoms with van der Waals surface area (Å²) in [5, 5.41) is 10.6. The second kappa shape index (κ2) is 6.74. The Hall–Kier alpha value is -1.48. The molecule has 1 aromatic carbocycles. The minimum atomic E-state index is -3.56. The van der Waals surface area contributed by atoms with E-state index in [4.69, 9.17) is 11.6 Å². The highest BCUT2D eigenvalue weighted by Crippen LogP contribution is 2.27. The van der Waals surface area contributed by atoms with Gasteiger partial charge in [-0.2, -0.15) is 0 Å². The average molecular weight is 361 g/mol. The standard InChI is InChI=1S/C13H13ClN2O4S2/c1-9(12-6-7-13(14)21-12)15-22(19,20)8-10-2-4-11(5-3-10)16(17)18/h2-7,9,15H,8H2,1H3. The molecule has 0 fully saturated rings. The molecule has 0 amide bonds. The van der Waals surface area contributed by atoms with Crippen LogP contribution in [0.15, 0.2) is 36.4 Å². The first-order valence-electron chi connectivity index (χ1n) is 6.25. The third-order valence-corrected chi connectivity index (χ3v) is 5.72. The van der Waals surface area contributed by atoms with Crippen molar-refractivity contribution in [2.24, 2.45) is 0 Å². The number of hydrogen-bond donors (Lipinski definition) is 1. The van der Waals surface area contributed by atoms with E-state index < -0.39 is 14.9 Å². The Morgan fingerprint density at radius 3 is 2.41 bits per heavy atom. The summed E-state index contributed by atoms with van der Waals surface area (Å²) in [5.41, 5.74) is 0.408.